The Hall–Kier alpha value is -1.32. The molecule has 1 rings (SSSR count). The van der Waals surface area contributed by atoms with Crippen LogP contribution in [-0.4, -0.2) is 16.0 Å². The summed E-state index contributed by atoms with van der Waals surface area (Å²) in [6, 6.07) is 0.274. The molecule has 1 heterocycles. The summed E-state index contributed by atoms with van der Waals surface area (Å²) >= 11 is 0. The molecule has 0 radical (unpaired) electrons. The van der Waals surface area contributed by atoms with E-state index in [4.69, 9.17) is 0 Å². The Labute approximate surface area is 90.1 Å². The highest BCUT2D eigenvalue weighted by Gasteiger charge is 2.14. The van der Waals surface area contributed by atoms with Gasteiger partial charge in [0.2, 0.25) is 0 Å². The molecule has 1 atom stereocenters. The van der Waals surface area contributed by atoms with Crippen LogP contribution in [0, 0.1) is 5.92 Å². The predicted octanol–water partition coefficient (Wildman–Crippen LogP) is 2.01. The second-order valence-corrected chi connectivity index (χ2v) is 3.78. The Balaban J connectivity index is 2.70. The molecule has 1 aromatic heterocycles. The topological polar surface area (TPSA) is 57.8 Å². The molecule has 0 amide bonds. The van der Waals surface area contributed by atoms with Crippen LogP contribution in [0.15, 0.2) is 17.2 Å². The van der Waals surface area contributed by atoms with Gasteiger partial charge in [0.05, 0.1) is 0 Å². The number of hydrogen-bond acceptors (Lipinski definition) is 3. The van der Waals surface area contributed by atoms with Gasteiger partial charge >= 0.3 is 0 Å². The molecule has 0 spiro atoms. The zero-order valence-corrected chi connectivity index (χ0v) is 9.58. The van der Waals surface area contributed by atoms with Crippen LogP contribution in [0.2, 0.25) is 0 Å². The smallest absolute Gasteiger partial charge is 0.290 e. The summed E-state index contributed by atoms with van der Waals surface area (Å²) < 4.78 is 0. The number of aromatic amines is 1. The van der Waals surface area contributed by atoms with Gasteiger partial charge in [0.15, 0.2) is 5.82 Å². The number of nitrogens with zero attached hydrogens (tertiary/aromatic N) is 1. The fourth-order valence-corrected chi connectivity index (χ4v) is 1.78. The third kappa shape index (κ3) is 3.08. The van der Waals surface area contributed by atoms with E-state index in [9.17, 15) is 4.79 Å². The Morgan fingerprint density at radius 1 is 1.47 bits per heavy atom. The number of nitrogens with one attached hydrogen (secondary N) is 2. The van der Waals surface area contributed by atoms with Gasteiger partial charge in [0.1, 0.15) is 0 Å². The molecule has 1 unspecified atom stereocenters. The van der Waals surface area contributed by atoms with Gasteiger partial charge in [-0.3, -0.25) is 4.79 Å². The van der Waals surface area contributed by atoms with E-state index in [-0.39, 0.29) is 11.6 Å². The number of H-pyrrole nitrogens is 1. The third-order valence-electron chi connectivity index (χ3n) is 2.83. The lowest BCUT2D eigenvalue weighted by Gasteiger charge is -2.22. The van der Waals surface area contributed by atoms with E-state index < -0.39 is 0 Å². The summed E-state index contributed by atoms with van der Waals surface area (Å²) in [5, 5.41) is 3.16. The van der Waals surface area contributed by atoms with Gasteiger partial charge in [0, 0.05) is 18.4 Å². The van der Waals surface area contributed by atoms with E-state index in [0.717, 1.165) is 12.8 Å². The van der Waals surface area contributed by atoms with E-state index >= 15 is 0 Å². The van der Waals surface area contributed by atoms with Crippen LogP contribution < -0.4 is 10.9 Å². The minimum Gasteiger partial charge on any atom is -0.363 e. The molecule has 4 heteroatoms. The number of aromatic nitrogens is 2. The lowest BCUT2D eigenvalue weighted by atomic mass is 9.96. The van der Waals surface area contributed by atoms with Crippen molar-refractivity contribution in [2.75, 3.05) is 5.32 Å². The molecular weight excluding hydrogens is 190 g/mol. The average molecular weight is 209 g/mol. The fourth-order valence-electron chi connectivity index (χ4n) is 1.78. The van der Waals surface area contributed by atoms with Crippen molar-refractivity contribution in [3.63, 3.8) is 0 Å². The molecule has 0 aliphatic rings. The van der Waals surface area contributed by atoms with Crippen LogP contribution >= 0.6 is 0 Å². The summed E-state index contributed by atoms with van der Waals surface area (Å²) in [5.41, 5.74) is -0.157. The maximum Gasteiger partial charge on any atom is 0.290 e. The average Bonchev–Trinajstić information content (AvgIpc) is 2.23. The minimum atomic E-state index is -0.157. The standard InChI is InChI=1S/C11H19N3O/c1-4-9(5-2)8(3)14-10-11(15)13-7-6-12-10/h6-9H,4-5H2,1-3H3,(H,12,14)(H,13,15). The normalized spacial score (nSPS) is 12.8. The molecule has 0 bridgehead atoms. The van der Waals surface area contributed by atoms with Crippen molar-refractivity contribution in [1.82, 2.24) is 9.97 Å². The van der Waals surface area contributed by atoms with Crippen molar-refractivity contribution in [3.8, 4) is 0 Å². The van der Waals surface area contributed by atoms with Crippen molar-refractivity contribution in [2.24, 2.45) is 5.92 Å². The summed E-state index contributed by atoms with van der Waals surface area (Å²) in [6.45, 7) is 6.41. The van der Waals surface area contributed by atoms with E-state index in [2.05, 4.69) is 36.1 Å². The monoisotopic (exact) mass is 209 g/mol. The van der Waals surface area contributed by atoms with E-state index in [1.54, 1.807) is 6.20 Å². The first kappa shape index (κ1) is 11.8. The molecule has 0 saturated carbocycles. The van der Waals surface area contributed by atoms with Crippen LogP contribution in [0.4, 0.5) is 5.82 Å². The molecule has 0 saturated heterocycles. The van der Waals surface area contributed by atoms with Gasteiger partial charge in [0.25, 0.3) is 5.56 Å². The zero-order valence-electron chi connectivity index (χ0n) is 9.58. The van der Waals surface area contributed by atoms with Gasteiger partial charge in [-0.25, -0.2) is 4.98 Å². The minimum absolute atomic E-state index is 0.157. The first-order chi connectivity index (χ1) is 7.19. The lowest BCUT2D eigenvalue weighted by Crippen LogP contribution is -2.29. The van der Waals surface area contributed by atoms with Gasteiger partial charge in [-0.1, -0.05) is 26.7 Å². The van der Waals surface area contributed by atoms with Crippen LogP contribution in [-0.2, 0) is 0 Å². The van der Waals surface area contributed by atoms with E-state index in [1.165, 1.54) is 6.20 Å². The van der Waals surface area contributed by atoms with Crippen LogP contribution in [0.25, 0.3) is 0 Å². The number of anilines is 1. The summed E-state index contributed by atoms with van der Waals surface area (Å²) in [5.74, 6) is 0.989. The quantitative estimate of drug-likeness (QED) is 0.780. The Morgan fingerprint density at radius 2 is 2.13 bits per heavy atom. The maximum absolute atomic E-state index is 11.4. The molecular formula is C11H19N3O. The molecule has 4 nitrogen and oxygen atoms in total. The Kier molecular flexibility index (Phi) is 4.34. The summed E-state index contributed by atoms with van der Waals surface area (Å²) in [7, 11) is 0. The lowest BCUT2D eigenvalue weighted by molar-refractivity contribution is 0.436. The van der Waals surface area contributed by atoms with Crippen molar-refractivity contribution in [1.29, 1.82) is 0 Å². The van der Waals surface area contributed by atoms with E-state index in [1.807, 2.05) is 0 Å². The largest absolute Gasteiger partial charge is 0.363 e. The Morgan fingerprint density at radius 3 is 2.67 bits per heavy atom. The molecule has 2 N–H and O–H groups in total. The van der Waals surface area contributed by atoms with Gasteiger partial charge in [-0.05, 0) is 12.8 Å². The highest BCUT2D eigenvalue weighted by atomic mass is 16.1. The zero-order chi connectivity index (χ0) is 11.3. The third-order valence-corrected chi connectivity index (χ3v) is 2.83. The first-order valence-corrected chi connectivity index (χ1v) is 5.49. The molecule has 0 aromatic carbocycles. The van der Waals surface area contributed by atoms with Gasteiger partial charge in [-0.15, -0.1) is 0 Å². The summed E-state index contributed by atoms with van der Waals surface area (Å²) in [4.78, 5) is 18.0. The van der Waals surface area contributed by atoms with Crippen molar-refractivity contribution in [3.05, 3.63) is 22.7 Å². The second kappa shape index (κ2) is 5.53. The van der Waals surface area contributed by atoms with Crippen molar-refractivity contribution >= 4 is 5.82 Å². The van der Waals surface area contributed by atoms with Gasteiger partial charge in [-0.2, -0.15) is 0 Å². The molecule has 84 valence electrons. The van der Waals surface area contributed by atoms with E-state index in [0.29, 0.717) is 11.7 Å². The number of hydrogen-bond donors (Lipinski definition) is 2. The SMILES string of the molecule is CCC(CC)C(C)Nc1ncc[nH]c1=O. The fraction of sp³-hybridized carbons (Fsp3) is 0.636. The highest BCUT2D eigenvalue weighted by Crippen LogP contribution is 2.14. The van der Waals surface area contributed by atoms with Crippen LogP contribution in [0.1, 0.15) is 33.6 Å². The van der Waals surface area contributed by atoms with Crippen LogP contribution in [0.3, 0.4) is 0 Å². The molecule has 0 fully saturated rings. The summed E-state index contributed by atoms with van der Waals surface area (Å²) in [6.07, 6.45) is 5.34. The van der Waals surface area contributed by atoms with Crippen LogP contribution in [0.5, 0.6) is 0 Å². The highest BCUT2D eigenvalue weighted by molar-refractivity contribution is 5.31. The Bertz CT molecular complexity index is 344. The molecule has 0 aliphatic carbocycles. The van der Waals surface area contributed by atoms with Crippen molar-refractivity contribution in [2.45, 2.75) is 39.7 Å². The second-order valence-electron chi connectivity index (χ2n) is 3.78. The van der Waals surface area contributed by atoms with Gasteiger partial charge < -0.3 is 10.3 Å². The predicted molar refractivity (Wildman–Crippen MR) is 62.0 cm³/mol. The van der Waals surface area contributed by atoms with Crippen molar-refractivity contribution < 1.29 is 0 Å². The molecule has 15 heavy (non-hydrogen) atoms. The molecule has 0 aliphatic heterocycles. The molecule has 1 aromatic rings. The first-order valence-electron chi connectivity index (χ1n) is 5.49. The maximum atomic E-state index is 11.4. The number of rotatable bonds is 5.